The molecule has 1 unspecified atom stereocenters. The van der Waals surface area contributed by atoms with Crippen LogP contribution in [0.25, 0.3) is 11.3 Å². The third-order valence-electron chi connectivity index (χ3n) is 3.22. The molecular weight excluding hydrogens is 244 g/mol. The van der Waals surface area contributed by atoms with Gasteiger partial charge in [0.1, 0.15) is 0 Å². The summed E-state index contributed by atoms with van der Waals surface area (Å²) in [5, 5.41) is 3.50. The number of hydrogen-bond acceptors (Lipinski definition) is 4. The standard InChI is InChI=1S/C14H16N2OS/c1-3-13(16-7-11-5-6-18-9-11)4-2-12(1)14-8-15-10-17-14/h1-4,8,10-11,16H,5-7,9H2. The molecule has 1 aromatic carbocycles. The first-order valence-corrected chi connectivity index (χ1v) is 7.38. The van der Waals surface area contributed by atoms with Crippen molar-refractivity contribution in [3.8, 4) is 11.3 Å². The largest absolute Gasteiger partial charge is 0.444 e. The molecule has 0 bridgehead atoms. The molecule has 1 aliphatic heterocycles. The van der Waals surface area contributed by atoms with E-state index in [9.17, 15) is 0 Å². The third kappa shape index (κ3) is 2.70. The van der Waals surface area contributed by atoms with Crippen LogP contribution in [0.15, 0.2) is 41.3 Å². The first-order valence-electron chi connectivity index (χ1n) is 6.22. The van der Waals surface area contributed by atoms with E-state index in [0.29, 0.717) is 0 Å². The van der Waals surface area contributed by atoms with Crippen molar-refractivity contribution < 1.29 is 4.42 Å². The lowest BCUT2D eigenvalue weighted by Crippen LogP contribution is -2.13. The fraction of sp³-hybridized carbons (Fsp3) is 0.357. The third-order valence-corrected chi connectivity index (χ3v) is 4.45. The minimum absolute atomic E-state index is 0.814. The van der Waals surface area contributed by atoms with E-state index in [1.165, 1.54) is 30.0 Å². The van der Waals surface area contributed by atoms with Crippen LogP contribution in [0, 0.1) is 5.92 Å². The van der Waals surface area contributed by atoms with E-state index in [4.69, 9.17) is 4.42 Å². The Bertz CT molecular complexity index is 475. The molecule has 94 valence electrons. The van der Waals surface area contributed by atoms with Crippen molar-refractivity contribution in [2.75, 3.05) is 23.4 Å². The summed E-state index contributed by atoms with van der Waals surface area (Å²) in [6, 6.07) is 8.32. The summed E-state index contributed by atoms with van der Waals surface area (Å²) < 4.78 is 5.27. The van der Waals surface area contributed by atoms with Gasteiger partial charge in [-0.2, -0.15) is 11.8 Å². The van der Waals surface area contributed by atoms with Gasteiger partial charge in [0.2, 0.25) is 0 Å². The number of aromatic nitrogens is 1. The van der Waals surface area contributed by atoms with Crippen molar-refractivity contribution in [2.45, 2.75) is 6.42 Å². The highest BCUT2D eigenvalue weighted by Gasteiger charge is 2.14. The van der Waals surface area contributed by atoms with Crippen LogP contribution in [-0.2, 0) is 0 Å². The molecule has 3 nitrogen and oxygen atoms in total. The maximum absolute atomic E-state index is 5.27. The van der Waals surface area contributed by atoms with Gasteiger partial charge in [-0.3, -0.25) is 0 Å². The lowest BCUT2D eigenvalue weighted by Gasteiger charge is -2.11. The molecule has 4 heteroatoms. The average molecular weight is 260 g/mol. The Kier molecular flexibility index (Phi) is 3.55. The predicted molar refractivity (Wildman–Crippen MR) is 75.9 cm³/mol. The molecule has 1 fully saturated rings. The van der Waals surface area contributed by atoms with Crippen molar-refractivity contribution in [2.24, 2.45) is 5.92 Å². The van der Waals surface area contributed by atoms with Crippen molar-refractivity contribution in [1.82, 2.24) is 4.98 Å². The zero-order valence-corrected chi connectivity index (χ0v) is 11.0. The minimum Gasteiger partial charge on any atom is -0.444 e. The second kappa shape index (κ2) is 5.48. The Morgan fingerprint density at radius 1 is 1.33 bits per heavy atom. The van der Waals surface area contributed by atoms with Crippen LogP contribution in [0.2, 0.25) is 0 Å². The molecule has 1 saturated heterocycles. The number of benzene rings is 1. The van der Waals surface area contributed by atoms with Crippen LogP contribution in [0.5, 0.6) is 0 Å². The first-order chi connectivity index (χ1) is 8.92. The van der Waals surface area contributed by atoms with Crippen LogP contribution in [0.4, 0.5) is 5.69 Å². The van der Waals surface area contributed by atoms with Crippen molar-refractivity contribution in [1.29, 1.82) is 0 Å². The summed E-state index contributed by atoms with van der Waals surface area (Å²) in [6.07, 6.45) is 4.53. The highest BCUT2D eigenvalue weighted by molar-refractivity contribution is 7.99. The van der Waals surface area contributed by atoms with Gasteiger partial charge in [-0.25, -0.2) is 4.98 Å². The highest BCUT2D eigenvalue weighted by atomic mass is 32.2. The molecule has 1 aromatic heterocycles. The van der Waals surface area contributed by atoms with E-state index in [2.05, 4.69) is 46.3 Å². The molecule has 0 radical (unpaired) electrons. The maximum atomic E-state index is 5.27. The molecule has 1 N–H and O–H groups in total. The number of nitrogens with zero attached hydrogens (tertiary/aromatic N) is 1. The monoisotopic (exact) mass is 260 g/mol. The molecule has 0 spiro atoms. The van der Waals surface area contributed by atoms with Gasteiger partial charge in [-0.15, -0.1) is 0 Å². The summed E-state index contributed by atoms with van der Waals surface area (Å²) in [5.41, 5.74) is 2.24. The molecule has 2 heterocycles. The molecule has 0 aliphatic carbocycles. The summed E-state index contributed by atoms with van der Waals surface area (Å²) in [7, 11) is 0. The maximum Gasteiger partial charge on any atom is 0.181 e. The van der Waals surface area contributed by atoms with Gasteiger partial charge in [-0.1, -0.05) is 0 Å². The van der Waals surface area contributed by atoms with Crippen LogP contribution < -0.4 is 5.32 Å². The quantitative estimate of drug-likeness (QED) is 0.913. The Morgan fingerprint density at radius 2 is 2.22 bits per heavy atom. The zero-order valence-electron chi connectivity index (χ0n) is 10.1. The van der Waals surface area contributed by atoms with Gasteiger partial charge in [0.15, 0.2) is 12.2 Å². The zero-order chi connectivity index (χ0) is 12.2. The Morgan fingerprint density at radius 3 is 2.89 bits per heavy atom. The van der Waals surface area contributed by atoms with E-state index < -0.39 is 0 Å². The van der Waals surface area contributed by atoms with Gasteiger partial charge < -0.3 is 9.73 Å². The fourth-order valence-electron chi connectivity index (χ4n) is 2.12. The lowest BCUT2D eigenvalue weighted by molar-refractivity contribution is 0.572. The van der Waals surface area contributed by atoms with Gasteiger partial charge in [0.05, 0.1) is 6.20 Å². The van der Waals surface area contributed by atoms with E-state index in [1.54, 1.807) is 6.20 Å². The number of nitrogens with one attached hydrogen (secondary N) is 1. The number of hydrogen-bond donors (Lipinski definition) is 1. The highest BCUT2D eigenvalue weighted by Crippen LogP contribution is 2.24. The van der Waals surface area contributed by atoms with Gasteiger partial charge in [0, 0.05) is 17.8 Å². The molecule has 2 aromatic rings. The molecule has 0 saturated carbocycles. The number of thioether (sulfide) groups is 1. The average Bonchev–Trinajstić information content (AvgIpc) is 3.10. The smallest absolute Gasteiger partial charge is 0.181 e. The molecule has 18 heavy (non-hydrogen) atoms. The Balaban J connectivity index is 1.60. The van der Waals surface area contributed by atoms with E-state index >= 15 is 0 Å². The van der Waals surface area contributed by atoms with Crippen molar-refractivity contribution >= 4 is 17.4 Å². The molecule has 0 amide bonds. The number of oxazole rings is 1. The normalized spacial score (nSPS) is 19.0. The SMILES string of the molecule is c1ncc(-c2ccc(NCC3CCSC3)cc2)o1. The minimum atomic E-state index is 0.814. The number of anilines is 1. The second-order valence-electron chi connectivity index (χ2n) is 4.55. The summed E-state index contributed by atoms with van der Waals surface area (Å²) in [4.78, 5) is 3.93. The van der Waals surface area contributed by atoms with Crippen LogP contribution in [-0.4, -0.2) is 23.0 Å². The number of rotatable bonds is 4. The molecule has 1 atom stereocenters. The summed E-state index contributed by atoms with van der Waals surface area (Å²) in [5.74, 6) is 4.25. The topological polar surface area (TPSA) is 38.1 Å². The molecular formula is C14H16N2OS. The predicted octanol–water partition coefficient (Wildman–Crippen LogP) is 3.51. The van der Waals surface area contributed by atoms with Gasteiger partial charge >= 0.3 is 0 Å². The van der Waals surface area contributed by atoms with Crippen molar-refractivity contribution in [3.63, 3.8) is 0 Å². The van der Waals surface area contributed by atoms with Crippen LogP contribution >= 0.6 is 11.8 Å². The summed E-state index contributed by atoms with van der Waals surface area (Å²) >= 11 is 2.06. The van der Waals surface area contributed by atoms with E-state index in [-0.39, 0.29) is 0 Å². The van der Waals surface area contributed by atoms with Crippen LogP contribution in [0.3, 0.4) is 0 Å². The molecule has 3 rings (SSSR count). The first kappa shape index (κ1) is 11.7. The summed E-state index contributed by atoms with van der Waals surface area (Å²) in [6.45, 7) is 1.08. The second-order valence-corrected chi connectivity index (χ2v) is 5.70. The Hall–Kier alpha value is -1.42. The van der Waals surface area contributed by atoms with Crippen LogP contribution in [0.1, 0.15) is 6.42 Å². The van der Waals surface area contributed by atoms with Gasteiger partial charge in [-0.05, 0) is 48.1 Å². The Labute approximate surface area is 111 Å². The van der Waals surface area contributed by atoms with Gasteiger partial charge in [0.25, 0.3) is 0 Å². The fourth-order valence-corrected chi connectivity index (χ4v) is 3.40. The van der Waals surface area contributed by atoms with Crippen molar-refractivity contribution in [3.05, 3.63) is 36.9 Å². The van der Waals surface area contributed by atoms with E-state index in [1.807, 2.05) is 0 Å². The lowest BCUT2D eigenvalue weighted by atomic mass is 10.1. The molecule has 1 aliphatic rings. The van der Waals surface area contributed by atoms with E-state index in [0.717, 1.165) is 23.8 Å².